The van der Waals surface area contributed by atoms with Gasteiger partial charge < -0.3 is 61.6 Å². The maximum atomic E-state index is 13.5. The van der Waals surface area contributed by atoms with Crippen molar-refractivity contribution in [3.8, 4) is 0 Å². The Morgan fingerprint density at radius 1 is 0.625 bits per heavy atom. The molecular formula is C52H65N3O17. The summed E-state index contributed by atoms with van der Waals surface area (Å²) in [7, 11) is 1.20. The molecule has 6 rings (SSSR count). The van der Waals surface area contributed by atoms with Crippen LogP contribution in [-0.4, -0.2) is 124 Å². The lowest BCUT2D eigenvalue weighted by Gasteiger charge is -2.50. The minimum Gasteiger partial charge on any atom is -0.467 e. The number of unbranched alkanes of at least 4 members (excludes halogenated alkanes) is 1. The summed E-state index contributed by atoms with van der Waals surface area (Å²) in [4.78, 5) is 55.0. The van der Waals surface area contributed by atoms with Crippen molar-refractivity contribution >= 4 is 23.9 Å². The highest BCUT2D eigenvalue weighted by Gasteiger charge is 2.57. The number of methoxy groups -OCH3 is 1. The molecular weight excluding hydrogens is 939 g/mol. The van der Waals surface area contributed by atoms with Gasteiger partial charge in [-0.25, -0.2) is 4.79 Å². The maximum absolute atomic E-state index is 13.5. The molecule has 3 saturated heterocycles. The molecule has 0 spiro atoms. The van der Waals surface area contributed by atoms with E-state index < -0.39 is 122 Å². The Bertz CT molecular complexity index is 2240. The van der Waals surface area contributed by atoms with Crippen molar-refractivity contribution in [3.63, 3.8) is 0 Å². The van der Waals surface area contributed by atoms with Crippen LogP contribution in [0.25, 0.3) is 10.4 Å². The maximum Gasteiger partial charge on any atom is 0.335 e. The van der Waals surface area contributed by atoms with Gasteiger partial charge in [-0.05, 0) is 35.1 Å². The summed E-state index contributed by atoms with van der Waals surface area (Å²) in [6.07, 6.45) is -12.5. The van der Waals surface area contributed by atoms with E-state index in [0.29, 0.717) is 18.4 Å². The number of rotatable bonds is 24. The number of esters is 4. The number of carbonyl (C=O) groups is 4. The van der Waals surface area contributed by atoms with E-state index in [9.17, 15) is 24.7 Å². The first-order valence-electron chi connectivity index (χ1n) is 23.9. The minimum absolute atomic E-state index is 0.0483. The molecule has 72 heavy (non-hydrogen) atoms. The van der Waals surface area contributed by atoms with Crippen LogP contribution in [0.1, 0.15) is 64.2 Å². The second-order valence-electron chi connectivity index (χ2n) is 17.6. The van der Waals surface area contributed by atoms with E-state index in [1.807, 2.05) is 97.9 Å². The molecule has 0 aliphatic carbocycles. The van der Waals surface area contributed by atoms with Crippen molar-refractivity contribution in [1.29, 1.82) is 0 Å². The topological polar surface area (TPSA) is 237 Å². The summed E-state index contributed by atoms with van der Waals surface area (Å²) in [5.41, 5.74) is 12.6. The number of nitrogens with zero attached hydrogens (tertiary/aromatic N) is 3. The zero-order chi connectivity index (χ0) is 51.6. The van der Waals surface area contributed by atoms with Gasteiger partial charge in [0.2, 0.25) is 6.29 Å². The number of azide groups is 1. The zero-order valence-electron chi connectivity index (χ0n) is 41.3. The Morgan fingerprint density at radius 3 is 1.68 bits per heavy atom. The van der Waals surface area contributed by atoms with Gasteiger partial charge in [-0.1, -0.05) is 116 Å². The number of hydrogen-bond donors (Lipinski definition) is 0. The summed E-state index contributed by atoms with van der Waals surface area (Å²) in [6, 6.07) is 26.2. The van der Waals surface area contributed by atoms with Crippen molar-refractivity contribution < 1.29 is 80.8 Å². The highest BCUT2D eigenvalue weighted by molar-refractivity contribution is 5.75. The van der Waals surface area contributed by atoms with Gasteiger partial charge in [0, 0.05) is 37.5 Å². The Hall–Kier alpha value is -5.77. The van der Waals surface area contributed by atoms with Crippen LogP contribution in [0.15, 0.2) is 109 Å². The van der Waals surface area contributed by atoms with Crippen LogP contribution in [0.4, 0.5) is 0 Å². The van der Waals surface area contributed by atoms with Crippen LogP contribution < -0.4 is 0 Å². The van der Waals surface area contributed by atoms with E-state index in [4.69, 9.17) is 61.6 Å². The lowest BCUT2D eigenvalue weighted by molar-refractivity contribution is -0.381. The van der Waals surface area contributed by atoms with E-state index in [2.05, 4.69) is 16.6 Å². The zero-order valence-corrected chi connectivity index (χ0v) is 41.3. The average molecular weight is 1000 g/mol. The molecule has 20 heteroatoms. The first-order chi connectivity index (χ1) is 34.8. The van der Waals surface area contributed by atoms with Crippen molar-refractivity contribution in [2.75, 3.05) is 20.3 Å². The lowest BCUT2D eigenvalue weighted by Crippen LogP contribution is -2.66. The molecule has 0 radical (unpaired) electrons. The highest BCUT2D eigenvalue weighted by atomic mass is 16.8. The molecule has 3 fully saturated rings. The van der Waals surface area contributed by atoms with Crippen molar-refractivity contribution in [2.45, 2.75) is 147 Å². The molecule has 3 heterocycles. The average Bonchev–Trinajstić information content (AvgIpc) is 3.37. The number of allylic oxidation sites excluding steroid dienone is 1. The van der Waals surface area contributed by atoms with E-state index >= 15 is 0 Å². The summed E-state index contributed by atoms with van der Waals surface area (Å²) in [6.45, 7) is 10.8. The largest absolute Gasteiger partial charge is 0.467 e. The third-order valence-corrected chi connectivity index (χ3v) is 12.2. The molecule has 0 aromatic heterocycles. The van der Waals surface area contributed by atoms with Gasteiger partial charge in [0.25, 0.3) is 0 Å². The highest BCUT2D eigenvalue weighted by Crippen LogP contribution is 2.40. The first-order valence-corrected chi connectivity index (χ1v) is 23.9. The van der Waals surface area contributed by atoms with E-state index in [0.717, 1.165) is 11.1 Å². The minimum atomic E-state index is -1.62. The summed E-state index contributed by atoms with van der Waals surface area (Å²) in [5.74, 6) is -4.22. The summed E-state index contributed by atoms with van der Waals surface area (Å²) in [5, 5.41) is 4.18. The Kier molecular flexibility index (Phi) is 21.5. The van der Waals surface area contributed by atoms with Gasteiger partial charge in [-0.15, -0.1) is 6.58 Å². The van der Waals surface area contributed by atoms with Crippen LogP contribution in [0.3, 0.4) is 0 Å². The standard InChI is InChI=1S/C52H65N3O17/c1-8-9-19-26-61-49-32(3)42(64-28-37-22-15-11-16-23-37)47(51(72-49)67-35(6)58)71-50-40(54-55-53)45(65-29-38-24-17-12-18-25-38)44(39(68-50)30-62-33(4)56)70-52-46(66-34(5)57)41(31(2)43(69-52)48(59)60-7)63-27-36-20-13-10-14-21-36/h8,10-18,20-25,31-32,39-47,49-52H,1,9,19,26-30H2,2-7H3/t31-,32?,39?,40?,41+,42-,43?,44+,45-,46?,47-,49+,50-,51?,52-/m0/s1. The van der Waals surface area contributed by atoms with Crippen molar-refractivity contribution in [2.24, 2.45) is 17.0 Å². The third-order valence-electron chi connectivity index (χ3n) is 12.2. The smallest absolute Gasteiger partial charge is 0.335 e. The van der Waals surface area contributed by atoms with Gasteiger partial charge in [0.05, 0.1) is 39.6 Å². The van der Waals surface area contributed by atoms with Gasteiger partial charge >= 0.3 is 23.9 Å². The number of benzene rings is 3. The van der Waals surface area contributed by atoms with E-state index in [1.54, 1.807) is 13.0 Å². The number of carbonyl (C=O) groups excluding carboxylic acids is 4. The first kappa shape index (κ1) is 55.5. The number of ether oxygens (including phenoxy) is 13. The molecule has 3 aliphatic heterocycles. The van der Waals surface area contributed by atoms with Gasteiger partial charge in [0.15, 0.2) is 31.1 Å². The second-order valence-corrected chi connectivity index (χ2v) is 17.6. The summed E-state index contributed by atoms with van der Waals surface area (Å²) >= 11 is 0. The second kappa shape index (κ2) is 27.9. The van der Waals surface area contributed by atoms with Crippen LogP contribution in [0, 0.1) is 11.8 Å². The summed E-state index contributed by atoms with van der Waals surface area (Å²) < 4.78 is 81.4. The third kappa shape index (κ3) is 15.4. The quantitative estimate of drug-likeness (QED) is 0.0170. The predicted molar refractivity (Wildman–Crippen MR) is 253 cm³/mol. The normalized spacial score (nSPS) is 30.2. The van der Waals surface area contributed by atoms with E-state index in [-0.39, 0.29) is 26.4 Å². The van der Waals surface area contributed by atoms with Crippen molar-refractivity contribution in [3.05, 3.63) is 131 Å². The Morgan fingerprint density at radius 2 is 1.17 bits per heavy atom. The molecule has 390 valence electrons. The molecule has 0 bridgehead atoms. The van der Waals surface area contributed by atoms with Crippen LogP contribution in [0.2, 0.25) is 0 Å². The molecule has 20 nitrogen and oxygen atoms in total. The molecule has 15 atom stereocenters. The molecule has 0 saturated carbocycles. The Labute approximate surface area is 419 Å². The molecule has 3 aromatic carbocycles. The number of hydrogen-bond acceptors (Lipinski definition) is 18. The molecule has 3 aromatic rings. The van der Waals surface area contributed by atoms with Crippen LogP contribution in [0.5, 0.6) is 0 Å². The SMILES string of the molecule is C=CCCCO[C@@H]1OC(OC(C)=O)[C@@H](O[C@@H]2OC(COC(C)=O)[C@@H](O[C@@H]3OC(C(=O)OC)[C@@H](C)[C@@H](OCc4ccccc4)C3OC(C)=O)[C@@H](OCc3ccccc3)C2N=[N+]=[N-])[C@@H](OCc2ccccc2)C1C. The van der Waals surface area contributed by atoms with Gasteiger partial charge in [0.1, 0.15) is 43.2 Å². The fourth-order valence-electron chi connectivity index (χ4n) is 8.72. The van der Waals surface area contributed by atoms with Gasteiger partial charge in [-0.3, -0.25) is 14.4 Å². The van der Waals surface area contributed by atoms with E-state index in [1.165, 1.54) is 27.9 Å². The van der Waals surface area contributed by atoms with Crippen molar-refractivity contribution in [1.82, 2.24) is 0 Å². The monoisotopic (exact) mass is 1000 g/mol. The lowest BCUT2D eigenvalue weighted by atomic mass is 9.89. The predicted octanol–water partition coefficient (Wildman–Crippen LogP) is 6.81. The Balaban J connectivity index is 1.42. The fourth-order valence-corrected chi connectivity index (χ4v) is 8.72. The van der Waals surface area contributed by atoms with Crippen LogP contribution >= 0.6 is 0 Å². The van der Waals surface area contributed by atoms with Crippen LogP contribution in [-0.2, 0) is 101 Å². The molecule has 3 aliphatic rings. The molecule has 6 unspecified atom stereocenters. The van der Waals surface area contributed by atoms with Gasteiger partial charge in [-0.2, -0.15) is 0 Å². The fraction of sp³-hybridized carbons (Fsp3) is 0.538. The molecule has 0 N–H and O–H groups in total. The molecule has 0 amide bonds.